The number of rotatable bonds is 3. The Bertz CT molecular complexity index is 669. The van der Waals surface area contributed by atoms with Crippen LogP contribution in [0.3, 0.4) is 0 Å². The Morgan fingerprint density at radius 2 is 1.86 bits per heavy atom. The van der Waals surface area contributed by atoms with E-state index in [9.17, 15) is 17.6 Å². The Hall–Kier alpha value is -1.47. The summed E-state index contributed by atoms with van der Waals surface area (Å²) >= 11 is 0. The first-order chi connectivity index (χ1) is 10.1. The zero-order valence-electron chi connectivity index (χ0n) is 13.0. The molecule has 1 heterocycles. The SMILES string of the molecule is CC(=O)N1[C@@H](CF)[C@H](c2ccc(S(C)(=O)=O)cc2)OC1(C)C. The van der Waals surface area contributed by atoms with E-state index in [0.29, 0.717) is 5.56 Å². The zero-order chi connectivity index (χ0) is 16.7. The molecule has 1 saturated heterocycles. The number of carbonyl (C=O) groups is 1. The Balaban J connectivity index is 2.38. The molecule has 7 heteroatoms. The quantitative estimate of drug-likeness (QED) is 0.852. The molecule has 0 aromatic heterocycles. The van der Waals surface area contributed by atoms with Crippen LogP contribution in [0.25, 0.3) is 0 Å². The van der Waals surface area contributed by atoms with Gasteiger partial charge in [0.25, 0.3) is 0 Å². The number of sulfone groups is 1. The minimum Gasteiger partial charge on any atom is -0.346 e. The van der Waals surface area contributed by atoms with Crippen molar-refractivity contribution in [2.75, 3.05) is 12.9 Å². The highest BCUT2D eigenvalue weighted by molar-refractivity contribution is 7.90. The summed E-state index contributed by atoms with van der Waals surface area (Å²) in [7, 11) is -3.29. The van der Waals surface area contributed by atoms with Crippen LogP contribution < -0.4 is 0 Å². The van der Waals surface area contributed by atoms with Crippen molar-refractivity contribution >= 4 is 15.7 Å². The van der Waals surface area contributed by atoms with Gasteiger partial charge in [0.05, 0.1) is 10.9 Å². The molecule has 0 radical (unpaired) electrons. The van der Waals surface area contributed by atoms with Gasteiger partial charge in [0.1, 0.15) is 18.5 Å². The smallest absolute Gasteiger partial charge is 0.222 e. The van der Waals surface area contributed by atoms with Gasteiger partial charge < -0.3 is 9.64 Å². The van der Waals surface area contributed by atoms with Crippen LogP contribution in [0.15, 0.2) is 29.2 Å². The molecule has 1 fully saturated rings. The molecule has 22 heavy (non-hydrogen) atoms. The second kappa shape index (κ2) is 5.62. The molecule has 2 rings (SSSR count). The minimum absolute atomic E-state index is 0.189. The summed E-state index contributed by atoms with van der Waals surface area (Å²) in [4.78, 5) is 13.4. The van der Waals surface area contributed by atoms with E-state index in [1.807, 2.05) is 0 Å². The Morgan fingerprint density at radius 1 is 1.32 bits per heavy atom. The maximum Gasteiger partial charge on any atom is 0.222 e. The van der Waals surface area contributed by atoms with E-state index in [0.717, 1.165) is 6.26 Å². The van der Waals surface area contributed by atoms with Gasteiger partial charge in [0.15, 0.2) is 9.84 Å². The van der Waals surface area contributed by atoms with Crippen LogP contribution in [0.5, 0.6) is 0 Å². The van der Waals surface area contributed by atoms with Gasteiger partial charge in [-0.15, -0.1) is 0 Å². The van der Waals surface area contributed by atoms with Crippen molar-refractivity contribution in [1.82, 2.24) is 4.90 Å². The van der Waals surface area contributed by atoms with Crippen LogP contribution >= 0.6 is 0 Å². The van der Waals surface area contributed by atoms with Gasteiger partial charge in [0.2, 0.25) is 5.91 Å². The standard InChI is InChI=1S/C15H20FNO4S/c1-10(18)17-13(9-16)14(21-15(17,2)3)11-5-7-12(8-6-11)22(4,19)20/h5-8,13-14H,9H2,1-4H3/t13-,14-/m0/s1. The first-order valence-corrected chi connectivity index (χ1v) is 8.81. The summed E-state index contributed by atoms with van der Waals surface area (Å²) in [6.07, 6.45) is 0.497. The molecular formula is C15H20FNO4S. The molecule has 0 saturated carbocycles. The summed E-state index contributed by atoms with van der Waals surface area (Å²) in [5, 5.41) is 0. The fourth-order valence-corrected chi connectivity index (χ4v) is 3.57. The van der Waals surface area contributed by atoms with Gasteiger partial charge >= 0.3 is 0 Å². The third-order valence-corrected chi connectivity index (χ3v) is 4.94. The monoisotopic (exact) mass is 329 g/mol. The van der Waals surface area contributed by atoms with Gasteiger partial charge in [-0.2, -0.15) is 0 Å². The van der Waals surface area contributed by atoms with Crippen LogP contribution in [0.4, 0.5) is 4.39 Å². The van der Waals surface area contributed by atoms with Gasteiger partial charge in [-0.3, -0.25) is 4.79 Å². The van der Waals surface area contributed by atoms with Crippen molar-refractivity contribution in [3.05, 3.63) is 29.8 Å². The van der Waals surface area contributed by atoms with Gasteiger partial charge in [-0.25, -0.2) is 12.8 Å². The fourth-order valence-electron chi connectivity index (χ4n) is 2.94. The second-order valence-electron chi connectivity index (χ2n) is 5.94. The van der Waals surface area contributed by atoms with E-state index >= 15 is 0 Å². The average molecular weight is 329 g/mol. The van der Waals surface area contributed by atoms with Gasteiger partial charge in [-0.1, -0.05) is 12.1 Å². The number of hydrogen-bond acceptors (Lipinski definition) is 4. The summed E-state index contributed by atoms with van der Waals surface area (Å²) in [5.41, 5.74) is -0.269. The van der Waals surface area contributed by atoms with E-state index in [4.69, 9.17) is 4.74 Å². The molecule has 0 N–H and O–H groups in total. The fraction of sp³-hybridized carbons (Fsp3) is 0.533. The lowest BCUT2D eigenvalue weighted by Gasteiger charge is -2.31. The first-order valence-electron chi connectivity index (χ1n) is 6.91. The number of alkyl halides is 1. The second-order valence-corrected chi connectivity index (χ2v) is 7.95. The van der Waals surface area contributed by atoms with E-state index in [-0.39, 0.29) is 10.8 Å². The summed E-state index contributed by atoms with van der Waals surface area (Å²) < 4.78 is 42.3. The first kappa shape index (κ1) is 16.9. The van der Waals surface area contributed by atoms with Crippen LogP contribution in [0.2, 0.25) is 0 Å². The molecule has 1 aromatic carbocycles. The zero-order valence-corrected chi connectivity index (χ0v) is 13.9. The van der Waals surface area contributed by atoms with E-state index < -0.39 is 34.4 Å². The van der Waals surface area contributed by atoms with E-state index in [2.05, 4.69) is 0 Å². The molecule has 0 spiro atoms. The normalized spacial score (nSPS) is 24.5. The third-order valence-electron chi connectivity index (χ3n) is 3.81. The molecule has 0 bridgehead atoms. The van der Waals surface area contributed by atoms with Crippen molar-refractivity contribution in [1.29, 1.82) is 0 Å². The molecule has 1 aliphatic heterocycles. The molecule has 2 atom stereocenters. The predicted molar refractivity (Wildman–Crippen MR) is 79.7 cm³/mol. The molecular weight excluding hydrogens is 309 g/mol. The maximum atomic E-state index is 13.5. The number of nitrogens with zero attached hydrogens (tertiary/aromatic N) is 1. The molecule has 0 aliphatic carbocycles. The number of hydrogen-bond donors (Lipinski definition) is 0. The van der Waals surface area contributed by atoms with Crippen LogP contribution in [0.1, 0.15) is 32.4 Å². The highest BCUT2D eigenvalue weighted by Gasteiger charge is 2.49. The number of halogens is 1. The maximum absolute atomic E-state index is 13.5. The summed E-state index contributed by atoms with van der Waals surface area (Å²) in [6, 6.07) is 5.41. The third kappa shape index (κ3) is 3.01. The average Bonchev–Trinajstić information content (AvgIpc) is 2.69. The molecule has 122 valence electrons. The molecule has 1 amide bonds. The highest BCUT2D eigenvalue weighted by Crippen LogP contribution is 2.41. The van der Waals surface area contributed by atoms with Crippen LogP contribution in [0, 0.1) is 0 Å². The number of ether oxygens (including phenoxy) is 1. The Labute approximate surface area is 130 Å². The lowest BCUT2D eigenvalue weighted by atomic mass is 10.0. The largest absolute Gasteiger partial charge is 0.346 e. The summed E-state index contributed by atoms with van der Waals surface area (Å²) in [5.74, 6) is -0.261. The lowest BCUT2D eigenvalue weighted by molar-refractivity contribution is -0.145. The Kier molecular flexibility index (Phi) is 4.32. The van der Waals surface area contributed by atoms with E-state index in [1.54, 1.807) is 26.0 Å². The molecule has 1 aromatic rings. The van der Waals surface area contributed by atoms with Crippen molar-refractivity contribution in [3.63, 3.8) is 0 Å². The minimum atomic E-state index is -3.29. The predicted octanol–water partition coefficient (Wildman–Crippen LogP) is 2.08. The topological polar surface area (TPSA) is 63.7 Å². The van der Waals surface area contributed by atoms with E-state index in [1.165, 1.54) is 24.0 Å². The van der Waals surface area contributed by atoms with Crippen molar-refractivity contribution in [2.24, 2.45) is 0 Å². The molecule has 0 unspecified atom stereocenters. The molecule has 1 aliphatic rings. The van der Waals surface area contributed by atoms with Crippen molar-refractivity contribution < 1.29 is 22.3 Å². The van der Waals surface area contributed by atoms with Crippen LogP contribution in [-0.2, 0) is 19.4 Å². The molecule has 5 nitrogen and oxygen atoms in total. The number of amides is 1. The van der Waals surface area contributed by atoms with Gasteiger partial charge in [-0.05, 0) is 31.5 Å². The van der Waals surface area contributed by atoms with Crippen molar-refractivity contribution in [3.8, 4) is 0 Å². The van der Waals surface area contributed by atoms with Crippen molar-refractivity contribution in [2.45, 2.75) is 43.5 Å². The van der Waals surface area contributed by atoms with Crippen LogP contribution in [-0.4, -0.2) is 43.9 Å². The number of carbonyl (C=O) groups excluding carboxylic acids is 1. The highest BCUT2D eigenvalue weighted by atomic mass is 32.2. The summed E-state index contributed by atoms with van der Waals surface area (Å²) in [6.45, 7) is 4.06. The number of benzene rings is 1. The Morgan fingerprint density at radius 3 is 2.27 bits per heavy atom. The van der Waals surface area contributed by atoms with Gasteiger partial charge in [0, 0.05) is 13.2 Å². The lowest BCUT2D eigenvalue weighted by Crippen LogP contribution is -2.47.